The molecule has 0 spiro atoms. The fourth-order valence-electron chi connectivity index (χ4n) is 2.56. The highest BCUT2D eigenvalue weighted by molar-refractivity contribution is 7.92. The Hall–Kier alpha value is -1.96. The van der Waals surface area contributed by atoms with E-state index in [1.807, 2.05) is 6.92 Å². The molecule has 1 unspecified atom stereocenters. The largest absolute Gasteiger partial charge is 0.495 e. The topological polar surface area (TPSA) is 81.7 Å². The number of nitrogens with one attached hydrogen (secondary N) is 1. The molecule has 0 bridgehead atoms. The summed E-state index contributed by atoms with van der Waals surface area (Å²) in [7, 11) is -2.63. The average Bonchev–Trinajstić information content (AvgIpc) is 3.27. The lowest BCUT2D eigenvalue weighted by molar-refractivity contribution is 0.0485. The average molecular weight is 444 g/mol. The van der Waals surface area contributed by atoms with Gasteiger partial charge in [-0.25, -0.2) is 13.2 Å². The molecule has 0 amide bonds. The van der Waals surface area contributed by atoms with Crippen LogP contribution in [-0.2, 0) is 14.8 Å². The molecule has 0 heterocycles. The van der Waals surface area contributed by atoms with E-state index < -0.39 is 20.3 Å². The van der Waals surface area contributed by atoms with Gasteiger partial charge >= 0.3 is 5.97 Å². The van der Waals surface area contributed by atoms with E-state index in [9.17, 15) is 13.2 Å². The number of halogens is 2. The van der Waals surface area contributed by atoms with Crippen molar-refractivity contribution in [3.63, 3.8) is 0 Å². The predicted octanol–water partition coefficient (Wildman–Crippen LogP) is 4.16. The second-order valence-corrected chi connectivity index (χ2v) is 9.79. The number of hydrogen-bond acceptors (Lipinski definition) is 5. The molecular formula is C19H19Cl2NO5S. The molecule has 0 saturated heterocycles. The quantitative estimate of drug-likeness (QED) is 0.513. The van der Waals surface area contributed by atoms with Crippen LogP contribution in [-0.4, -0.2) is 32.4 Å². The third kappa shape index (κ3) is 4.71. The Labute approximate surface area is 173 Å². The first-order valence-corrected chi connectivity index (χ1v) is 10.7. The number of benzene rings is 2. The summed E-state index contributed by atoms with van der Waals surface area (Å²) in [4.78, 5) is 12.1. The van der Waals surface area contributed by atoms with Gasteiger partial charge in [-0.1, -0.05) is 17.7 Å². The smallest absolute Gasteiger partial charge is 0.338 e. The zero-order valence-corrected chi connectivity index (χ0v) is 17.6. The van der Waals surface area contributed by atoms with Gasteiger partial charge in [-0.3, -0.25) is 4.72 Å². The minimum atomic E-state index is -3.99. The number of ether oxygens (including phenoxy) is 2. The molecule has 1 atom stereocenters. The summed E-state index contributed by atoms with van der Waals surface area (Å²) < 4.78 is 37.6. The van der Waals surface area contributed by atoms with Gasteiger partial charge in [0.2, 0.25) is 0 Å². The van der Waals surface area contributed by atoms with Crippen molar-refractivity contribution in [1.29, 1.82) is 0 Å². The molecule has 1 N–H and O–H groups in total. The fraction of sp³-hybridized carbons (Fsp3) is 0.316. The van der Waals surface area contributed by atoms with E-state index in [0.29, 0.717) is 12.1 Å². The number of hydrogen-bond donors (Lipinski definition) is 1. The van der Waals surface area contributed by atoms with Crippen molar-refractivity contribution in [1.82, 2.24) is 0 Å². The Balaban J connectivity index is 1.81. The molecule has 1 aliphatic carbocycles. The van der Waals surface area contributed by atoms with Crippen LogP contribution >= 0.6 is 23.2 Å². The number of anilines is 1. The van der Waals surface area contributed by atoms with E-state index in [4.69, 9.17) is 32.7 Å². The van der Waals surface area contributed by atoms with Crippen molar-refractivity contribution >= 4 is 44.9 Å². The monoisotopic (exact) mass is 443 g/mol. The number of sulfonamides is 1. The Morgan fingerprint density at radius 1 is 1.21 bits per heavy atom. The van der Waals surface area contributed by atoms with Crippen LogP contribution in [0, 0.1) is 12.8 Å². The minimum Gasteiger partial charge on any atom is -0.495 e. The predicted molar refractivity (Wildman–Crippen MR) is 108 cm³/mol. The highest BCUT2D eigenvalue weighted by atomic mass is 35.5. The van der Waals surface area contributed by atoms with Crippen LogP contribution in [0.1, 0.15) is 22.3 Å². The lowest BCUT2D eigenvalue weighted by atomic mass is 10.2. The van der Waals surface area contributed by atoms with Crippen LogP contribution < -0.4 is 9.46 Å². The van der Waals surface area contributed by atoms with Gasteiger partial charge < -0.3 is 9.47 Å². The maximum atomic E-state index is 12.8. The maximum absolute atomic E-state index is 12.8. The fourth-order valence-corrected chi connectivity index (χ4v) is 4.31. The molecule has 1 aliphatic rings. The number of esters is 1. The van der Waals surface area contributed by atoms with E-state index >= 15 is 0 Å². The molecule has 0 aliphatic heterocycles. The molecule has 0 aromatic heterocycles. The van der Waals surface area contributed by atoms with Crippen molar-refractivity contribution in [2.45, 2.75) is 22.6 Å². The molecule has 2 aromatic carbocycles. The van der Waals surface area contributed by atoms with Crippen molar-refractivity contribution in [2.24, 2.45) is 5.92 Å². The van der Waals surface area contributed by atoms with Gasteiger partial charge in [-0.05, 0) is 43.7 Å². The summed E-state index contributed by atoms with van der Waals surface area (Å²) in [6, 6.07) is 10.9. The Kier molecular flexibility index (Phi) is 5.79. The first-order valence-electron chi connectivity index (χ1n) is 8.45. The van der Waals surface area contributed by atoms with Crippen LogP contribution in [0.5, 0.6) is 5.75 Å². The molecule has 1 fully saturated rings. The number of aryl methyl sites for hydroxylation is 1. The highest BCUT2D eigenvalue weighted by Gasteiger charge is 2.52. The van der Waals surface area contributed by atoms with Crippen molar-refractivity contribution in [3.05, 3.63) is 53.6 Å². The summed E-state index contributed by atoms with van der Waals surface area (Å²) in [6.45, 7) is 1.97. The molecule has 9 heteroatoms. The highest BCUT2D eigenvalue weighted by Crippen LogP contribution is 2.53. The number of rotatable bonds is 7. The number of carbonyl (C=O) groups excluding carboxylic acids is 1. The molecule has 2 aromatic rings. The summed E-state index contributed by atoms with van der Waals surface area (Å²) in [5.41, 5.74) is 1.48. The first kappa shape index (κ1) is 20.8. The number of carbonyl (C=O) groups is 1. The normalized spacial score (nSPS) is 17.6. The second kappa shape index (κ2) is 7.81. The summed E-state index contributed by atoms with van der Waals surface area (Å²) >= 11 is 11.8. The van der Waals surface area contributed by atoms with Gasteiger partial charge in [0.1, 0.15) is 15.0 Å². The van der Waals surface area contributed by atoms with Crippen molar-refractivity contribution < 1.29 is 22.7 Å². The van der Waals surface area contributed by atoms with E-state index in [2.05, 4.69) is 4.72 Å². The number of alkyl halides is 2. The van der Waals surface area contributed by atoms with E-state index in [0.717, 1.165) is 5.56 Å². The second-order valence-electron chi connectivity index (χ2n) is 6.60. The van der Waals surface area contributed by atoms with Gasteiger partial charge in [-0.2, -0.15) is 0 Å². The zero-order valence-electron chi connectivity index (χ0n) is 15.2. The summed E-state index contributed by atoms with van der Waals surface area (Å²) in [6.07, 6.45) is 0.548. The van der Waals surface area contributed by atoms with Crippen LogP contribution in [0.3, 0.4) is 0 Å². The van der Waals surface area contributed by atoms with Gasteiger partial charge in [-0.15, -0.1) is 23.2 Å². The molecule has 28 heavy (non-hydrogen) atoms. The standard InChI is InChI=1S/C19H19Cl2NO5S/c1-12-3-6-15(7-4-12)22-28(24,25)17-9-13(5-8-16(17)26-2)18(23)27-11-14-10-19(14,20)21/h3-9,14,22H,10-11H2,1-2H3. The zero-order chi connectivity index (χ0) is 20.5. The van der Waals surface area contributed by atoms with Crippen LogP contribution in [0.25, 0.3) is 0 Å². The Morgan fingerprint density at radius 3 is 2.43 bits per heavy atom. The van der Waals surface area contributed by atoms with E-state index in [1.54, 1.807) is 24.3 Å². The molecule has 1 saturated carbocycles. The SMILES string of the molecule is COc1ccc(C(=O)OCC2CC2(Cl)Cl)cc1S(=O)(=O)Nc1ccc(C)cc1. The molecule has 150 valence electrons. The van der Waals surface area contributed by atoms with Crippen LogP contribution in [0.2, 0.25) is 0 Å². The van der Waals surface area contributed by atoms with E-state index in [-0.39, 0.29) is 28.7 Å². The lowest BCUT2D eigenvalue weighted by Gasteiger charge is -2.13. The molecule has 3 rings (SSSR count). The maximum Gasteiger partial charge on any atom is 0.338 e. The summed E-state index contributed by atoms with van der Waals surface area (Å²) in [5.74, 6) is -0.672. The lowest BCUT2D eigenvalue weighted by Crippen LogP contribution is -2.16. The molecule has 6 nitrogen and oxygen atoms in total. The summed E-state index contributed by atoms with van der Waals surface area (Å²) in [5, 5.41) is 0. The van der Waals surface area contributed by atoms with Gasteiger partial charge in [0.05, 0.1) is 19.3 Å². The molecular weight excluding hydrogens is 425 g/mol. The molecule has 0 radical (unpaired) electrons. The van der Waals surface area contributed by atoms with Crippen molar-refractivity contribution in [3.8, 4) is 5.75 Å². The van der Waals surface area contributed by atoms with Gasteiger partial charge in [0, 0.05) is 11.6 Å². The van der Waals surface area contributed by atoms with Crippen molar-refractivity contribution in [2.75, 3.05) is 18.4 Å². The minimum absolute atomic E-state index is 0.0710. The van der Waals surface area contributed by atoms with Crippen LogP contribution in [0.4, 0.5) is 5.69 Å². The van der Waals surface area contributed by atoms with E-state index in [1.165, 1.54) is 25.3 Å². The Morgan fingerprint density at radius 2 is 1.86 bits per heavy atom. The first-order chi connectivity index (χ1) is 13.1. The van der Waals surface area contributed by atoms with Gasteiger partial charge in [0.25, 0.3) is 10.0 Å². The van der Waals surface area contributed by atoms with Gasteiger partial charge in [0.15, 0.2) is 0 Å². The Bertz CT molecular complexity index is 990. The third-order valence-electron chi connectivity index (χ3n) is 4.36. The van der Waals surface area contributed by atoms with Crippen LogP contribution in [0.15, 0.2) is 47.4 Å². The third-order valence-corrected chi connectivity index (χ3v) is 6.69. The number of methoxy groups -OCH3 is 1.